The van der Waals surface area contributed by atoms with Gasteiger partial charge in [0.1, 0.15) is 11.3 Å². The van der Waals surface area contributed by atoms with Crippen molar-refractivity contribution in [2.45, 2.75) is 25.5 Å². The van der Waals surface area contributed by atoms with Gasteiger partial charge < -0.3 is 10.3 Å². The SMILES string of the molecule is CC(C)Cn1c(NC(=O)CSc2nnc3c(n2)[nH]c2ccc(Br)cc23)cc(=O)[nH]c1=O. The van der Waals surface area contributed by atoms with Crippen LogP contribution < -0.4 is 16.6 Å². The number of aromatic nitrogens is 6. The molecule has 31 heavy (non-hydrogen) atoms. The highest BCUT2D eigenvalue weighted by Gasteiger charge is 2.14. The molecule has 1 aromatic carbocycles. The molecule has 0 fully saturated rings. The number of carbonyl (C=O) groups excluding carboxylic acids is 1. The molecule has 3 N–H and O–H groups in total. The first-order valence-corrected chi connectivity index (χ1v) is 11.2. The monoisotopic (exact) mass is 503 g/mol. The largest absolute Gasteiger partial charge is 0.338 e. The van der Waals surface area contributed by atoms with Crippen LogP contribution in [0.3, 0.4) is 0 Å². The Kier molecular flexibility index (Phi) is 5.92. The van der Waals surface area contributed by atoms with E-state index in [9.17, 15) is 14.4 Å². The third-order valence-corrected chi connectivity index (χ3v) is 5.67. The van der Waals surface area contributed by atoms with Crippen molar-refractivity contribution in [1.29, 1.82) is 0 Å². The minimum atomic E-state index is -0.573. The maximum absolute atomic E-state index is 12.4. The second kappa shape index (κ2) is 8.63. The van der Waals surface area contributed by atoms with Gasteiger partial charge in [-0.15, -0.1) is 10.2 Å². The molecule has 0 saturated carbocycles. The molecule has 0 spiro atoms. The van der Waals surface area contributed by atoms with Gasteiger partial charge in [-0.2, -0.15) is 0 Å². The number of benzene rings is 1. The molecule has 3 heterocycles. The van der Waals surface area contributed by atoms with Gasteiger partial charge in [-0.25, -0.2) is 9.78 Å². The van der Waals surface area contributed by atoms with Crippen molar-refractivity contribution >= 4 is 61.5 Å². The number of H-pyrrole nitrogens is 2. The number of amides is 1. The number of hydrogen-bond donors (Lipinski definition) is 3. The number of nitrogens with one attached hydrogen (secondary N) is 3. The summed E-state index contributed by atoms with van der Waals surface area (Å²) in [6.07, 6.45) is 0. The molecule has 160 valence electrons. The molecule has 0 bridgehead atoms. The Morgan fingerprint density at radius 3 is 2.81 bits per heavy atom. The first-order chi connectivity index (χ1) is 14.8. The highest BCUT2D eigenvalue weighted by atomic mass is 79.9. The fourth-order valence-corrected chi connectivity index (χ4v) is 4.02. The molecule has 12 heteroatoms. The Labute approximate surface area is 188 Å². The van der Waals surface area contributed by atoms with Crippen molar-refractivity contribution < 1.29 is 4.79 Å². The normalized spacial score (nSPS) is 11.5. The molecule has 0 aliphatic heterocycles. The average Bonchev–Trinajstić information content (AvgIpc) is 3.06. The van der Waals surface area contributed by atoms with E-state index < -0.39 is 17.2 Å². The maximum atomic E-state index is 12.4. The lowest BCUT2D eigenvalue weighted by Crippen LogP contribution is -2.34. The van der Waals surface area contributed by atoms with E-state index in [4.69, 9.17) is 0 Å². The second-order valence-corrected chi connectivity index (χ2v) is 9.13. The number of carbonyl (C=O) groups is 1. The number of hydrogen-bond acceptors (Lipinski definition) is 7. The van der Waals surface area contributed by atoms with Gasteiger partial charge in [-0.05, 0) is 24.1 Å². The predicted octanol–water partition coefficient (Wildman–Crippen LogP) is 2.51. The predicted molar refractivity (Wildman–Crippen MR) is 122 cm³/mol. The molecular formula is C19H18BrN7O3S. The zero-order valence-electron chi connectivity index (χ0n) is 16.6. The smallest absolute Gasteiger partial charge is 0.329 e. The number of nitrogens with zero attached hydrogens (tertiary/aromatic N) is 4. The number of aromatic amines is 2. The summed E-state index contributed by atoms with van der Waals surface area (Å²) in [5.41, 5.74) is 0.971. The first-order valence-electron chi connectivity index (χ1n) is 9.38. The Hall–Kier alpha value is -2.99. The van der Waals surface area contributed by atoms with E-state index in [2.05, 4.69) is 46.4 Å². The third kappa shape index (κ3) is 4.69. The minimum Gasteiger partial charge on any atom is -0.338 e. The van der Waals surface area contributed by atoms with Crippen molar-refractivity contribution in [3.8, 4) is 0 Å². The van der Waals surface area contributed by atoms with Gasteiger partial charge in [0, 0.05) is 28.0 Å². The van der Waals surface area contributed by atoms with Gasteiger partial charge in [0.2, 0.25) is 11.1 Å². The fraction of sp³-hybridized carbons (Fsp3) is 0.263. The first kappa shape index (κ1) is 21.2. The minimum absolute atomic E-state index is 0.0123. The lowest BCUT2D eigenvalue weighted by Gasteiger charge is -2.14. The third-order valence-electron chi connectivity index (χ3n) is 4.34. The standard InChI is InChI=1S/C19H18BrN7O3S/c1-9(2)7-27-13(6-14(28)23-19(27)30)22-15(29)8-31-18-24-17-16(25-26-18)11-5-10(20)3-4-12(11)21-17/h3-6,9H,7-8H2,1-2H3,(H,22,29)(H,21,24,26)(H,23,28,30). The molecule has 0 aliphatic rings. The molecule has 10 nitrogen and oxygen atoms in total. The fourth-order valence-electron chi connectivity index (χ4n) is 3.07. The van der Waals surface area contributed by atoms with Crippen LogP contribution in [0.5, 0.6) is 0 Å². The Morgan fingerprint density at radius 2 is 2.03 bits per heavy atom. The van der Waals surface area contributed by atoms with Crippen LogP contribution in [0, 0.1) is 5.92 Å². The van der Waals surface area contributed by atoms with E-state index >= 15 is 0 Å². The van der Waals surface area contributed by atoms with Crippen LogP contribution in [0.4, 0.5) is 5.82 Å². The van der Waals surface area contributed by atoms with Crippen molar-refractivity contribution in [3.05, 3.63) is 49.6 Å². The van der Waals surface area contributed by atoms with Crippen LogP contribution in [0.25, 0.3) is 22.1 Å². The molecule has 4 aromatic rings. The molecule has 4 rings (SSSR count). The van der Waals surface area contributed by atoms with Crippen LogP contribution in [0.1, 0.15) is 13.8 Å². The molecule has 0 unspecified atom stereocenters. The molecule has 0 radical (unpaired) electrons. The van der Waals surface area contributed by atoms with E-state index in [1.165, 1.54) is 10.6 Å². The molecule has 0 saturated heterocycles. The zero-order chi connectivity index (χ0) is 22.1. The highest BCUT2D eigenvalue weighted by molar-refractivity contribution is 9.10. The van der Waals surface area contributed by atoms with Crippen LogP contribution in [-0.4, -0.2) is 41.4 Å². The summed E-state index contributed by atoms with van der Waals surface area (Å²) in [6, 6.07) is 6.96. The molecular weight excluding hydrogens is 486 g/mol. The Morgan fingerprint density at radius 1 is 1.23 bits per heavy atom. The summed E-state index contributed by atoms with van der Waals surface area (Å²) >= 11 is 4.54. The van der Waals surface area contributed by atoms with Crippen LogP contribution >= 0.6 is 27.7 Å². The number of thioether (sulfide) groups is 1. The zero-order valence-corrected chi connectivity index (χ0v) is 19.0. The number of rotatable bonds is 6. The van der Waals surface area contributed by atoms with Gasteiger partial charge in [0.25, 0.3) is 5.56 Å². The number of anilines is 1. The maximum Gasteiger partial charge on any atom is 0.329 e. The summed E-state index contributed by atoms with van der Waals surface area (Å²) in [6.45, 7) is 4.23. The van der Waals surface area contributed by atoms with Crippen LogP contribution in [0.2, 0.25) is 0 Å². The van der Waals surface area contributed by atoms with Gasteiger partial charge in [-0.1, -0.05) is 41.5 Å². The average molecular weight is 504 g/mol. The van der Waals surface area contributed by atoms with Crippen LogP contribution in [-0.2, 0) is 11.3 Å². The molecule has 0 atom stereocenters. The Balaban J connectivity index is 1.50. The van der Waals surface area contributed by atoms with Crippen molar-refractivity contribution in [2.75, 3.05) is 11.1 Å². The lowest BCUT2D eigenvalue weighted by atomic mass is 10.2. The van der Waals surface area contributed by atoms with E-state index in [-0.39, 0.29) is 17.5 Å². The van der Waals surface area contributed by atoms with Crippen molar-refractivity contribution in [1.82, 2.24) is 29.7 Å². The van der Waals surface area contributed by atoms with Gasteiger partial charge in [0.15, 0.2) is 5.65 Å². The summed E-state index contributed by atoms with van der Waals surface area (Å²) in [5, 5.41) is 12.2. The van der Waals surface area contributed by atoms with Gasteiger partial charge in [0.05, 0.1) is 5.75 Å². The second-order valence-electron chi connectivity index (χ2n) is 7.27. The highest BCUT2D eigenvalue weighted by Crippen LogP contribution is 2.26. The summed E-state index contributed by atoms with van der Waals surface area (Å²) in [5.74, 6) is -0.0981. The summed E-state index contributed by atoms with van der Waals surface area (Å²) in [7, 11) is 0. The number of fused-ring (bicyclic) bond motifs is 3. The molecule has 1 amide bonds. The quantitative estimate of drug-likeness (QED) is 0.343. The van der Waals surface area contributed by atoms with E-state index in [1.807, 2.05) is 32.0 Å². The summed E-state index contributed by atoms with van der Waals surface area (Å²) < 4.78 is 2.26. The molecule has 0 aliphatic carbocycles. The summed E-state index contributed by atoms with van der Waals surface area (Å²) in [4.78, 5) is 46.0. The van der Waals surface area contributed by atoms with E-state index in [0.29, 0.717) is 22.9 Å². The van der Waals surface area contributed by atoms with Gasteiger partial charge in [-0.3, -0.25) is 19.1 Å². The van der Waals surface area contributed by atoms with Crippen LogP contribution in [0.15, 0.2) is 43.5 Å². The lowest BCUT2D eigenvalue weighted by molar-refractivity contribution is -0.113. The van der Waals surface area contributed by atoms with Crippen molar-refractivity contribution in [3.63, 3.8) is 0 Å². The van der Waals surface area contributed by atoms with Gasteiger partial charge >= 0.3 is 5.69 Å². The van der Waals surface area contributed by atoms with Crippen molar-refractivity contribution in [2.24, 2.45) is 5.92 Å². The molecule has 3 aromatic heterocycles. The Bertz CT molecular complexity index is 1410. The number of halogens is 1. The van der Waals surface area contributed by atoms with E-state index in [0.717, 1.165) is 27.1 Å². The van der Waals surface area contributed by atoms with E-state index in [1.54, 1.807) is 0 Å². The topological polar surface area (TPSA) is 138 Å².